The van der Waals surface area contributed by atoms with E-state index in [0.717, 1.165) is 16.3 Å². The SMILES string of the molecule is Cc1ccc(C(=O)Oc2ccc3ccccc3c2/C=N\NC(=O)c2ccc(NS(=O)(=O)c3ccc(Cl)cc3)cc2)cc1. The van der Waals surface area contributed by atoms with E-state index in [-0.39, 0.29) is 21.9 Å². The van der Waals surface area contributed by atoms with E-state index in [1.165, 1.54) is 54.7 Å². The number of sulfonamides is 1. The van der Waals surface area contributed by atoms with Gasteiger partial charge in [0, 0.05) is 21.8 Å². The van der Waals surface area contributed by atoms with E-state index in [1.54, 1.807) is 18.2 Å². The molecule has 0 atom stereocenters. The van der Waals surface area contributed by atoms with Crippen LogP contribution in [0.2, 0.25) is 5.02 Å². The van der Waals surface area contributed by atoms with Crippen LogP contribution < -0.4 is 14.9 Å². The molecule has 0 aliphatic carbocycles. The highest BCUT2D eigenvalue weighted by Gasteiger charge is 2.16. The average Bonchev–Trinajstić information content (AvgIpc) is 2.98. The lowest BCUT2D eigenvalue weighted by atomic mass is 10.0. The summed E-state index contributed by atoms with van der Waals surface area (Å²) >= 11 is 5.84. The number of hydrogen-bond acceptors (Lipinski definition) is 6. The molecule has 5 aromatic carbocycles. The van der Waals surface area contributed by atoms with Crippen molar-refractivity contribution >= 4 is 56.2 Å². The molecule has 2 N–H and O–H groups in total. The molecule has 0 bridgehead atoms. The van der Waals surface area contributed by atoms with Crippen molar-refractivity contribution in [3.05, 3.63) is 136 Å². The summed E-state index contributed by atoms with van der Waals surface area (Å²) in [6.45, 7) is 1.93. The Morgan fingerprint density at radius 1 is 0.810 bits per heavy atom. The molecule has 0 radical (unpaired) electrons. The second-order valence-corrected chi connectivity index (χ2v) is 11.4. The maximum Gasteiger partial charge on any atom is 0.343 e. The van der Waals surface area contributed by atoms with Crippen molar-refractivity contribution < 1.29 is 22.7 Å². The number of anilines is 1. The molecule has 210 valence electrons. The van der Waals surface area contributed by atoms with Crippen molar-refractivity contribution in [3.63, 3.8) is 0 Å². The van der Waals surface area contributed by atoms with Gasteiger partial charge in [-0.15, -0.1) is 0 Å². The molecule has 8 nitrogen and oxygen atoms in total. The Bertz CT molecular complexity index is 1910. The van der Waals surface area contributed by atoms with E-state index in [9.17, 15) is 18.0 Å². The van der Waals surface area contributed by atoms with Gasteiger partial charge in [-0.2, -0.15) is 5.10 Å². The molecule has 0 aromatic heterocycles. The summed E-state index contributed by atoms with van der Waals surface area (Å²) in [5, 5.41) is 6.21. The fourth-order valence-corrected chi connectivity index (χ4v) is 5.27. The smallest absolute Gasteiger partial charge is 0.343 e. The van der Waals surface area contributed by atoms with Crippen LogP contribution in [0.1, 0.15) is 31.8 Å². The zero-order chi connectivity index (χ0) is 29.7. The molecule has 1 amide bonds. The van der Waals surface area contributed by atoms with Gasteiger partial charge in [-0.25, -0.2) is 18.6 Å². The number of carbonyl (C=O) groups is 2. The van der Waals surface area contributed by atoms with Gasteiger partial charge >= 0.3 is 5.97 Å². The van der Waals surface area contributed by atoms with Crippen LogP contribution in [-0.2, 0) is 10.0 Å². The number of nitrogens with one attached hydrogen (secondary N) is 2. The molecule has 0 fully saturated rings. The van der Waals surface area contributed by atoms with E-state index in [2.05, 4.69) is 15.2 Å². The van der Waals surface area contributed by atoms with Crippen molar-refractivity contribution in [2.45, 2.75) is 11.8 Å². The summed E-state index contributed by atoms with van der Waals surface area (Å²) < 4.78 is 33.4. The van der Waals surface area contributed by atoms with Gasteiger partial charge in [-0.3, -0.25) is 9.52 Å². The Hall–Kier alpha value is -4.99. The van der Waals surface area contributed by atoms with Crippen molar-refractivity contribution in [2.75, 3.05) is 4.72 Å². The average molecular weight is 598 g/mol. The number of carbonyl (C=O) groups excluding carboxylic acids is 2. The molecule has 0 spiro atoms. The summed E-state index contributed by atoms with van der Waals surface area (Å²) in [4.78, 5) is 25.6. The standard InChI is InChI=1S/C32H24ClN3O5S/c1-21-6-8-24(9-7-21)32(38)41-30-19-12-22-4-2-3-5-28(22)29(30)20-34-35-31(37)23-10-15-26(16-11-23)36-42(39,40)27-17-13-25(33)14-18-27/h2-20,36H,1H3,(H,35,37)/b34-20-. The summed E-state index contributed by atoms with van der Waals surface area (Å²) in [5.41, 5.74) is 4.95. The minimum absolute atomic E-state index is 0.0559. The fraction of sp³-hybridized carbons (Fsp3) is 0.0312. The normalized spacial score (nSPS) is 11.4. The summed E-state index contributed by atoms with van der Waals surface area (Å²) in [6, 6.07) is 29.7. The van der Waals surface area contributed by atoms with Gasteiger partial charge in [0.15, 0.2) is 0 Å². The molecule has 0 heterocycles. The number of hydrazone groups is 1. The third-order valence-electron chi connectivity index (χ3n) is 6.30. The Morgan fingerprint density at radius 3 is 2.19 bits per heavy atom. The minimum atomic E-state index is -3.83. The molecule has 0 saturated carbocycles. The van der Waals surface area contributed by atoms with Gasteiger partial charge in [0.2, 0.25) is 0 Å². The second-order valence-electron chi connectivity index (χ2n) is 9.29. The van der Waals surface area contributed by atoms with Crippen molar-refractivity contribution in [2.24, 2.45) is 5.10 Å². The molecular formula is C32H24ClN3O5S. The van der Waals surface area contributed by atoms with E-state index >= 15 is 0 Å². The molecule has 0 saturated heterocycles. The Kier molecular flexibility index (Phi) is 8.33. The highest BCUT2D eigenvalue weighted by molar-refractivity contribution is 7.92. The van der Waals surface area contributed by atoms with E-state index in [4.69, 9.17) is 16.3 Å². The van der Waals surface area contributed by atoms with Gasteiger partial charge in [0.1, 0.15) is 5.75 Å². The number of halogens is 1. The predicted octanol–water partition coefficient (Wildman–Crippen LogP) is 6.59. The first-order valence-corrected chi connectivity index (χ1v) is 14.6. The fourth-order valence-electron chi connectivity index (χ4n) is 4.08. The maximum atomic E-state index is 12.8. The number of aryl methyl sites for hydroxylation is 1. The third kappa shape index (κ3) is 6.65. The topological polar surface area (TPSA) is 114 Å². The molecular weight excluding hydrogens is 574 g/mol. The number of rotatable bonds is 8. The van der Waals surface area contributed by atoms with Crippen molar-refractivity contribution in [1.82, 2.24) is 5.43 Å². The number of esters is 1. The molecule has 5 rings (SSSR count). The zero-order valence-corrected chi connectivity index (χ0v) is 23.8. The number of nitrogens with zero attached hydrogens (tertiary/aromatic N) is 1. The van der Waals surface area contributed by atoms with Gasteiger partial charge < -0.3 is 4.74 Å². The van der Waals surface area contributed by atoms with Crippen LogP contribution in [0.5, 0.6) is 5.75 Å². The molecule has 42 heavy (non-hydrogen) atoms. The van der Waals surface area contributed by atoms with Gasteiger partial charge in [0.05, 0.1) is 16.7 Å². The predicted molar refractivity (Wildman–Crippen MR) is 164 cm³/mol. The first kappa shape index (κ1) is 28.5. The third-order valence-corrected chi connectivity index (χ3v) is 7.95. The minimum Gasteiger partial charge on any atom is -0.422 e. The lowest BCUT2D eigenvalue weighted by Gasteiger charge is -2.11. The van der Waals surface area contributed by atoms with Gasteiger partial charge in [-0.1, -0.05) is 59.6 Å². The van der Waals surface area contributed by atoms with Crippen LogP contribution in [0, 0.1) is 6.92 Å². The Morgan fingerprint density at radius 2 is 1.48 bits per heavy atom. The largest absolute Gasteiger partial charge is 0.422 e. The molecule has 10 heteroatoms. The molecule has 0 unspecified atom stereocenters. The summed E-state index contributed by atoms with van der Waals surface area (Å²) in [7, 11) is -3.83. The van der Waals surface area contributed by atoms with Crippen LogP contribution >= 0.6 is 11.6 Å². The van der Waals surface area contributed by atoms with Crippen LogP contribution in [0.25, 0.3) is 10.8 Å². The zero-order valence-electron chi connectivity index (χ0n) is 22.2. The number of benzene rings is 5. The van der Waals surface area contributed by atoms with E-state index in [1.807, 2.05) is 49.4 Å². The van der Waals surface area contributed by atoms with Gasteiger partial charge in [-0.05, 0) is 84.4 Å². The number of ether oxygens (including phenoxy) is 1. The number of fused-ring (bicyclic) bond motifs is 1. The van der Waals surface area contributed by atoms with Crippen LogP contribution in [-0.4, -0.2) is 26.5 Å². The van der Waals surface area contributed by atoms with Crippen molar-refractivity contribution in [1.29, 1.82) is 0 Å². The lowest BCUT2D eigenvalue weighted by molar-refractivity contribution is 0.0734. The first-order valence-electron chi connectivity index (χ1n) is 12.7. The van der Waals surface area contributed by atoms with Gasteiger partial charge in [0.25, 0.3) is 15.9 Å². The lowest BCUT2D eigenvalue weighted by Crippen LogP contribution is -2.18. The second kappa shape index (κ2) is 12.3. The monoisotopic (exact) mass is 597 g/mol. The van der Waals surface area contributed by atoms with Crippen LogP contribution in [0.3, 0.4) is 0 Å². The quantitative estimate of drug-likeness (QED) is 0.0907. The first-order chi connectivity index (χ1) is 20.2. The summed E-state index contributed by atoms with van der Waals surface area (Å²) in [5.74, 6) is -0.748. The Labute approximate surface area is 247 Å². The maximum absolute atomic E-state index is 12.8. The highest BCUT2D eigenvalue weighted by atomic mass is 35.5. The molecule has 0 aliphatic heterocycles. The van der Waals surface area contributed by atoms with Crippen LogP contribution in [0.15, 0.2) is 119 Å². The number of amides is 1. The van der Waals surface area contributed by atoms with E-state index in [0.29, 0.717) is 16.1 Å². The summed E-state index contributed by atoms with van der Waals surface area (Å²) in [6.07, 6.45) is 1.42. The highest BCUT2D eigenvalue weighted by Crippen LogP contribution is 2.27. The Balaban J connectivity index is 1.31. The number of hydrogen-bond donors (Lipinski definition) is 2. The molecule has 0 aliphatic rings. The van der Waals surface area contributed by atoms with Crippen LogP contribution in [0.4, 0.5) is 5.69 Å². The van der Waals surface area contributed by atoms with E-state index < -0.39 is 21.9 Å². The molecule has 5 aromatic rings. The van der Waals surface area contributed by atoms with Crippen molar-refractivity contribution in [3.8, 4) is 5.75 Å².